The van der Waals surface area contributed by atoms with Gasteiger partial charge in [0.1, 0.15) is 6.61 Å². The number of likely N-dealkylation sites (tertiary alicyclic amines) is 2. The number of rotatable bonds is 4. The van der Waals surface area contributed by atoms with Crippen molar-refractivity contribution in [3.8, 4) is 0 Å². The third kappa shape index (κ3) is 3.85. The Balaban J connectivity index is 1.65. The van der Waals surface area contributed by atoms with Crippen molar-refractivity contribution in [1.29, 1.82) is 0 Å². The summed E-state index contributed by atoms with van der Waals surface area (Å²) < 4.78 is 4.93. The minimum absolute atomic E-state index is 0.100. The lowest BCUT2D eigenvalue weighted by Gasteiger charge is -2.33. The van der Waals surface area contributed by atoms with Gasteiger partial charge in [-0.05, 0) is 44.7 Å². The molecule has 0 aliphatic carbocycles. The molecule has 2 fully saturated rings. The minimum atomic E-state index is -0.274. The normalized spacial score (nSPS) is 22.4. The first-order valence-corrected chi connectivity index (χ1v) is 7.04. The number of hydrogen-bond donors (Lipinski definition) is 1. The van der Waals surface area contributed by atoms with E-state index in [4.69, 9.17) is 9.84 Å². The molecule has 2 heterocycles. The summed E-state index contributed by atoms with van der Waals surface area (Å²) in [5.41, 5.74) is 0. The lowest BCUT2D eigenvalue weighted by Crippen LogP contribution is -2.41. The molecule has 0 saturated carbocycles. The van der Waals surface area contributed by atoms with Crippen molar-refractivity contribution in [3.05, 3.63) is 0 Å². The van der Waals surface area contributed by atoms with Gasteiger partial charge < -0.3 is 19.6 Å². The molecule has 0 radical (unpaired) electrons. The number of carbonyl (C=O) groups excluding carboxylic acids is 1. The summed E-state index contributed by atoms with van der Waals surface area (Å²) >= 11 is 0. The lowest BCUT2D eigenvalue weighted by molar-refractivity contribution is 0.0700. The van der Waals surface area contributed by atoms with Crippen LogP contribution >= 0.6 is 0 Å². The molecule has 0 spiro atoms. The van der Waals surface area contributed by atoms with Crippen molar-refractivity contribution in [3.63, 3.8) is 0 Å². The standard InChI is InChI=1S/C13H24N2O3/c16-9-10-18-13(17)15-7-3-12(4-8-15)11-14-5-1-2-6-14/h12,16H,1-11H2. The molecule has 2 aliphatic heterocycles. The van der Waals surface area contributed by atoms with Crippen molar-refractivity contribution >= 4 is 6.09 Å². The Morgan fingerprint density at radius 2 is 1.83 bits per heavy atom. The summed E-state index contributed by atoms with van der Waals surface area (Å²) in [6.07, 6.45) is 4.55. The van der Waals surface area contributed by atoms with Crippen LogP contribution in [0.4, 0.5) is 4.79 Å². The zero-order valence-electron chi connectivity index (χ0n) is 11.0. The van der Waals surface area contributed by atoms with Gasteiger partial charge in [-0.15, -0.1) is 0 Å². The second kappa shape index (κ2) is 6.95. The van der Waals surface area contributed by atoms with Crippen LogP contribution in [-0.4, -0.2) is 66.9 Å². The molecule has 0 aromatic carbocycles. The van der Waals surface area contributed by atoms with Gasteiger partial charge in [0.2, 0.25) is 0 Å². The summed E-state index contributed by atoms with van der Waals surface area (Å²) in [6, 6.07) is 0. The summed E-state index contributed by atoms with van der Waals surface area (Å²) in [4.78, 5) is 15.9. The topological polar surface area (TPSA) is 53.0 Å². The highest BCUT2D eigenvalue weighted by Crippen LogP contribution is 2.20. The van der Waals surface area contributed by atoms with E-state index in [1.54, 1.807) is 4.90 Å². The summed E-state index contributed by atoms with van der Waals surface area (Å²) in [5.74, 6) is 0.727. The molecule has 0 atom stereocenters. The molecular formula is C13H24N2O3. The molecule has 5 heteroatoms. The van der Waals surface area contributed by atoms with Gasteiger partial charge in [0.05, 0.1) is 6.61 Å². The Morgan fingerprint density at radius 1 is 1.17 bits per heavy atom. The number of nitrogens with zero attached hydrogens (tertiary/aromatic N) is 2. The van der Waals surface area contributed by atoms with Gasteiger partial charge in [-0.3, -0.25) is 0 Å². The predicted octanol–water partition coefficient (Wildman–Crippen LogP) is 0.923. The van der Waals surface area contributed by atoms with Crippen LogP contribution in [0.2, 0.25) is 0 Å². The van der Waals surface area contributed by atoms with Gasteiger partial charge in [0.25, 0.3) is 0 Å². The fourth-order valence-corrected chi connectivity index (χ4v) is 2.85. The molecule has 1 N–H and O–H groups in total. The zero-order chi connectivity index (χ0) is 12.8. The molecule has 18 heavy (non-hydrogen) atoms. The molecule has 2 aliphatic rings. The Morgan fingerprint density at radius 3 is 2.44 bits per heavy atom. The largest absolute Gasteiger partial charge is 0.447 e. The van der Waals surface area contributed by atoms with Crippen LogP contribution in [0.15, 0.2) is 0 Å². The molecule has 104 valence electrons. The van der Waals surface area contributed by atoms with E-state index in [0.29, 0.717) is 0 Å². The van der Waals surface area contributed by atoms with Gasteiger partial charge >= 0.3 is 6.09 Å². The molecule has 0 bridgehead atoms. The van der Waals surface area contributed by atoms with Gasteiger partial charge in [-0.2, -0.15) is 0 Å². The molecular weight excluding hydrogens is 232 g/mol. The summed E-state index contributed by atoms with van der Waals surface area (Å²) in [6.45, 7) is 5.28. The fourth-order valence-electron chi connectivity index (χ4n) is 2.85. The number of carbonyl (C=O) groups is 1. The van der Waals surface area contributed by atoms with E-state index in [1.807, 2.05) is 0 Å². The van der Waals surface area contributed by atoms with E-state index in [0.717, 1.165) is 31.8 Å². The molecule has 0 aromatic heterocycles. The maximum atomic E-state index is 11.6. The van der Waals surface area contributed by atoms with Crippen LogP contribution < -0.4 is 0 Å². The molecule has 0 unspecified atom stereocenters. The van der Waals surface area contributed by atoms with Crippen LogP contribution in [0, 0.1) is 5.92 Å². The maximum absolute atomic E-state index is 11.6. The van der Waals surface area contributed by atoms with Crippen LogP contribution in [-0.2, 0) is 4.74 Å². The number of ether oxygens (including phenoxy) is 1. The highest BCUT2D eigenvalue weighted by molar-refractivity contribution is 5.67. The predicted molar refractivity (Wildman–Crippen MR) is 68.4 cm³/mol. The smallest absolute Gasteiger partial charge is 0.409 e. The van der Waals surface area contributed by atoms with Crippen LogP contribution in [0.25, 0.3) is 0 Å². The molecule has 5 nitrogen and oxygen atoms in total. The Hall–Kier alpha value is -0.810. The van der Waals surface area contributed by atoms with E-state index in [-0.39, 0.29) is 19.3 Å². The van der Waals surface area contributed by atoms with Crippen molar-refractivity contribution in [2.75, 3.05) is 45.9 Å². The Bertz CT molecular complexity index is 259. The van der Waals surface area contributed by atoms with Crippen LogP contribution in [0.5, 0.6) is 0 Å². The molecule has 2 saturated heterocycles. The fraction of sp³-hybridized carbons (Fsp3) is 0.923. The number of aliphatic hydroxyl groups is 1. The van der Waals surface area contributed by atoms with E-state index in [9.17, 15) is 4.79 Å². The monoisotopic (exact) mass is 256 g/mol. The summed E-state index contributed by atoms with van der Waals surface area (Å²) in [5, 5.41) is 8.61. The second-order valence-electron chi connectivity index (χ2n) is 5.28. The van der Waals surface area contributed by atoms with Gasteiger partial charge in [0, 0.05) is 19.6 Å². The van der Waals surface area contributed by atoms with E-state index in [1.165, 1.54) is 32.5 Å². The summed E-state index contributed by atoms with van der Waals surface area (Å²) in [7, 11) is 0. The minimum Gasteiger partial charge on any atom is -0.447 e. The molecule has 1 amide bonds. The Kier molecular flexibility index (Phi) is 5.26. The van der Waals surface area contributed by atoms with E-state index >= 15 is 0 Å². The highest BCUT2D eigenvalue weighted by atomic mass is 16.6. The first kappa shape index (κ1) is 13.6. The SMILES string of the molecule is O=C(OCCO)N1CCC(CN2CCCC2)CC1. The van der Waals surface area contributed by atoms with Crippen molar-refractivity contribution < 1.29 is 14.6 Å². The third-order valence-corrected chi connectivity index (χ3v) is 3.90. The third-order valence-electron chi connectivity index (χ3n) is 3.90. The van der Waals surface area contributed by atoms with Crippen LogP contribution in [0.3, 0.4) is 0 Å². The van der Waals surface area contributed by atoms with Gasteiger partial charge in [-0.25, -0.2) is 4.79 Å². The number of piperidine rings is 1. The average Bonchev–Trinajstić information content (AvgIpc) is 2.89. The average molecular weight is 256 g/mol. The van der Waals surface area contributed by atoms with Crippen LogP contribution in [0.1, 0.15) is 25.7 Å². The first-order valence-electron chi connectivity index (χ1n) is 7.04. The highest BCUT2D eigenvalue weighted by Gasteiger charge is 2.25. The van der Waals surface area contributed by atoms with Gasteiger partial charge in [-0.1, -0.05) is 0 Å². The Labute approximate surface area is 109 Å². The van der Waals surface area contributed by atoms with Gasteiger partial charge in [0.15, 0.2) is 0 Å². The quantitative estimate of drug-likeness (QED) is 0.813. The lowest BCUT2D eigenvalue weighted by atomic mass is 9.96. The second-order valence-corrected chi connectivity index (χ2v) is 5.28. The number of aliphatic hydroxyl groups excluding tert-OH is 1. The van der Waals surface area contributed by atoms with E-state index in [2.05, 4.69) is 4.90 Å². The number of amides is 1. The maximum Gasteiger partial charge on any atom is 0.409 e. The van der Waals surface area contributed by atoms with Crippen molar-refractivity contribution in [2.45, 2.75) is 25.7 Å². The number of hydrogen-bond acceptors (Lipinski definition) is 4. The molecule has 0 aromatic rings. The molecule has 2 rings (SSSR count). The van der Waals surface area contributed by atoms with Crippen molar-refractivity contribution in [2.24, 2.45) is 5.92 Å². The van der Waals surface area contributed by atoms with E-state index < -0.39 is 0 Å². The first-order chi connectivity index (χ1) is 8.79. The zero-order valence-corrected chi connectivity index (χ0v) is 11.0. The van der Waals surface area contributed by atoms with Crippen molar-refractivity contribution in [1.82, 2.24) is 9.80 Å².